The molecule has 12 heteroatoms. The van der Waals surface area contributed by atoms with Gasteiger partial charge in [-0.05, 0) is 54.1 Å². The molecule has 11 nitrogen and oxygen atoms in total. The number of aryl methyl sites for hydroxylation is 1. The highest BCUT2D eigenvalue weighted by Crippen LogP contribution is 2.40. The third-order valence-electron chi connectivity index (χ3n) is 5.35. The quantitative estimate of drug-likeness (QED) is 0.203. The summed E-state index contributed by atoms with van der Waals surface area (Å²) in [6.07, 6.45) is 1.51. The average molecular weight is 522 g/mol. The zero-order valence-corrected chi connectivity index (χ0v) is 20.4. The van der Waals surface area contributed by atoms with Gasteiger partial charge in [0.25, 0.3) is 16.8 Å². The van der Waals surface area contributed by atoms with E-state index in [1.54, 1.807) is 6.07 Å². The number of amides is 2. The number of nitrogens with zero attached hydrogens (tertiary/aromatic N) is 3. The number of carbonyl (C=O) groups excluding carboxylic acids is 2. The first-order valence-corrected chi connectivity index (χ1v) is 11.6. The summed E-state index contributed by atoms with van der Waals surface area (Å²) < 4.78 is 11.0. The maximum absolute atomic E-state index is 12.9. The Morgan fingerprint density at radius 1 is 0.946 bits per heavy atom. The van der Waals surface area contributed by atoms with Gasteiger partial charge in [0.15, 0.2) is 11.5 Å². The first-order chi connectivity index (χ1) is 17.7. The number of hydrogen-bond acceptors (Lipinski definition) is 9. The molecule has 0 spiro atoms. The molecule has 0 aliphatic carbocycles. The molecule has 1 fully saturated rings. The van der Waals surface area contributed by atoms with Crippen molar-refractivity contribution >= 4 is 40.4 Å². The van der Waals surface area contributed by atoms with Gasteiger partial charge in [-0.15, -0.1) is 0 Å². The van der Waals surface area contributed by atoms with Gasteiger partial charge in [-0.3, -0.25) is 34.7 Å². The zero-order chi connectivity index (χ0) is 26.7. The highest BCUT2D eigenvalue weighted by atomic mass is 32.2. The summed E-state index contributed by atoms with van der Waals surface area (Å²) in [5.41, 5.74) is 1.26. The van der Waals surface area contributed by atoms with Crippen molar-refractivity contribution in [2.75, 3.05) is 7.11 Å². The third kappa shape index (κ3) is 5.59. The fourth-order valence-corrected chi connectivity index (χ4v) is 4.45. The first kappa shape index (κ1) is 25.4. The molecular formula is C25H19N3O8S. The van der Waals surface area contributed by atoms with E-state index in [1.165, 1.54) is 25.3 Å². The minimum absolute atomic E-state index is 0.0761. The van der Waals surface area contributed by atoms with Crippen LogP contribution in [0.25, 0.3) is 6.08 Å². The molecule has 0 aromatic heterocycles. The molecule has 4 rings (SSSR count). The Balaban J connectivity index is 1.62. The van der Waals surface area contributed by atoms with Crippen LogP contribution in [0.3, 0.4) is 0 Å². The Bertz CT molecular complexity index is 1470. The number of methoxy groups -OCH3 is 1. The zero-order valence-electron chi connectivity index (χ0n) is 19.6. The molecule has 1 aliphatic rings. The lowest BCUT2D eigenvalue weighted by atomic mass is 10.1. The van der Waals surface area contributed by atoms with Crippen molar-refractivity contribution in [3.05, 3.63) is 102 Å². The van der Waals surface area contributed by atoms with Crippen molar-refractivity contribution in [1.82, 2.24) is 4.90 Å². The van der Waals surface area contributed by atoms with Crippen LogP contribution in [0.5, 0.6) is 17.2 Å². The summed E-state index contributed by atoms with van der Waals surface area (Å²) in [5.74, 6) is -0.366. The summed E-state index contributed by atoms with van der Waals surface area (Å²) in [6, 6.07) is 15.2. The number of benzene rings is 3. The van der Waals surface area contributed by atoms with Gasteiger partial charge >= 0.3 is 5.69 Å². The molecule has 0 unspecified atom stereocenters. The highest BCUT2D eigenvalue weighted by molar-refractivity contribution is 8.18. The molecule has 0 radical (unpaired) electrons. The van der Waals surface area contributed by atoms with Gasteiger partial charge < -0.3 is 9.47 Å². The normalized spacial score (nSPS) is 14.2. The molecule has 1 aliphatic heterocycles. The molecule has 188 valence electrons. The second-order valence-corrected chi connectivity index (χ2v) is 8.93. The van der Waals surface area contributed by atoms with E-state index in [2.05, 4.69) is 0 Å². The first-order valence-electron chi connectivity index (χ1n) is 10.8. The van der Waals surface area contributed by atoms with E-state index in [1.807, 2.05) is 31.2 Å². The minimum atomic E-state index is -0.789. The van der Waals surface area contributed by atoms with Crippen molar-refractivity contribution in [3.63, 3.8) is 0 Å². The molecule has 37 heavy (non-hydrogen) atoms. The predicted octanol–water partition coefficient (Wildman–Crippen LogP) is 5.85. The van der Waals surface area contributed by atoms with Gasteiger partial charge in [-0.2, -0.15) is 0 Å². The number of thioether (sulfide) groups is 1. The van der Waals surface area contributed by atoms with Gasteiger partial charge in [0.1, 0.15) is 0 Å². The van der Waals surface area contributed by atoms with Crippen LogP contribution >= 0.6 is 11.8 Å². The second kappa shape index (κ2) is 10.5. The summed E-state index contributed by atoms with van der Waals surface area (Å²) in [7, 11) is 1.38. The number of nitro benzene ring substituents is 2. The van der Waals surface area contributed by atoms with E-state index < -0.39 is 32.4 Å². The molecular weight excluding hydrogens is 502 g/mol. The van der Waals surface area contributed by atoms with E-state index in [4.69, 9.17) is 9.47 Å². The molecule has 3 aromatic rings. The van der Waals surface area contributed by atoms with Gasteiger partial charge in [-0.25, -0.2) is 0 Å². The van der Waals surface area contributed by atoms with Crippen LogP contribution in [0, 0.1) is 27.2 Å². The van der Waals surface area contributed by atoms with Gasteiger partial charge in [0, 0.05) is 6.07 Å². The molecule has 0 atom stereocenters. The van der Waals surface area contributed by atoms with E-state index in [9.17, 15) is 29.8 Å². The van der Waals surface area contributed by atoms with Gasteiger partial charge in [-0.1, -0.05) is 35.9 Å². The smallest absolute Gasteiger partial charge is 0.318 e. The van der Waals surface area contributed by atoms with Crippen LogP contribution in [0.1, 0.15) is 16.7 Å². The predicted molar refractivity (Wildman–Crippen MR) is 136 cm³/mol. The molecule has 2 amide bonds. The lowest BCUT2D eigenvalue weighted by Crippen LogP contribution is -2.27. The monoisotopic (exact) mass is 521 g/mol. The van der Waals surface area contributed by atoms with E-state index in [-0.39, 0.29) is 28.7 Å². The fraction of sp³-hybridized carbons (Fsp3) is 0.120. The maximum Gasteiger partial charge on any atom is 0.318 e. The van der Waals surface area contributed by atoms with Gasteiger partial charge in [0.05, 0.1) is 34.5 Å². The van der Waals surface area contributed by atoms with Crippen molar-refractivity contribution < 1.29 is 28.9 Å². The van der Waals surface area contributed by atoms with E-state index >= 15 is 0 Å². The van der Waals surface area contributed by atoms with Crippen LogP contribution in [-0.2, 0) is 11.3 Å². The number of non-ortho nitro benzene ring substituents is 1. The Morgan fingerprint density at radius 2 is 1.70 bits per heavy atom. The number of ether oxygens (including phenoxy) is 2. The van der Waals surface area contributed by atoms with E-state index in [0.29, 0.717) is 5.56 Å². The summed E-state index contributed by atoms with van der Waals surface area (Å²) >= 11 is 0.804. The largest absolute Gasteiger partial charge is 0.493 e. The van der Waals surface area contributed by atoms with Crippen molar-refractivity contribution in [1.29, 1.82) is 0 Å². The SMILES string of the molecule is COc1ccc(/C=C2\SC(=O)N(Cc3cccc(C)c3)C2=O)cc1Oc1ccc([N+](=O)[O-])cc1[N+](=O)[O-]. The maximum atomic E-state index is 12.9. The number of hydrogen-bond donors (Lipinski definition) is 0. The molecule has 1 heterocycles. The molecule has 1 saturated heterocycles. The van der Waals surface area contributed by atoms with Gasteiger partial charge in [0.2, 0.25) is 5.75 Å². The van der Waals surface area contributed by atoms with Crippen molar-refractivity contribution in [2.45, 2.75) is 13.5 Å². The standard InChI is InChI=1S/C25H19N3O8S/c1-15-4-3-5-17(10-15)14-26-24(29)23(37-25(26)30)12-16-6-8-21(35-2)22(11-16)36-20-9-7-18(27(31)32)13-19(20)28(33)34/h3-13H,14H2,1-2H3/b23-12-. The summed E-state index contributed by atoms with van der Waals surface area (Å²) in [4.78, 5) is 47.8. The fourth-order valence-electron chi connectivity index (χ4n) is 3.61. The second-order valence-electron chi connectivity index (χ2n) is 7.94. The van der Waals surface area contributed by atoms with Crippen molar-refractivity contribution in [2.24, 2.45) is 0 Å². The topological polar surface area (TPSA) is 142 Å². The van der Waals surface area contributed by atoms with Crippen LogP contribution in [0.2, 0.25) is 0 Å². The third-order valence-corrected chi connectivity index (χ3v) is 6.26. The number of nitro groups is 2. The Morgan fingerprint density at radius 3 is 2.38 bits per heavy atom. The van der Waals surface area contributed by atoms with Crippen LogP contribution in [0.15, 0.2) is 65.6 Å². The number of carbonyl (C=O) groups is 2. The lowest BCUT2D eigenvalue weighted by molar-refractivity contribution is -0.394. The van der Waals surface area contributed by atoms with Crippen LogP contribution < -0.4 is 9.47 Å². The van der Waals surface area contributed by atoms with Crippen LogP contribution in [0.4, 0.5) is 16.2 Å². The number of rotatable bonds is 8. The Hall–Kier alpha value is -4.71. The molecule has 0 saturated carbocycles. The Labute approximate surface area is 214 Å². The van der Waals surface area contributed by atoms with Crippen molar-refractivity contribution in [3.8, 4) is 17.2 Å². The Kier molecular flexibility index (Phi) is 7.20. The van der Waals surface area contributed by atoms with Crippen LogP contribution in [-0.4, -0.2) is 33.0 Å². The average Bonchev–Trinajstić information content (AvgIpc) is 3.11. The summed E-state index contributed by atoms with van der Waals surface area (Å²) in [5, 5.41) is 22.1. The highest BCUT2D eigenvalue weighted by Gasteiger charge is 2.35. The minimum Gasteiger partial charge on any atom is -0.493 e. The molecule has 0 bridgehead atoms. The lowest BCUT2D eigenvalue weighted by Gasteiger charge is -2.13. The van der Waals surface area contributed by atoms with E-state index in [0.717, 1.165) is 46.0 Å². The summed E-state index contributed by atoms with van der Waals surface area (Å²) in [6.45, 7) is 2.07. The molecule has 0 N–H and O–H groups in total. The number of imide groups is 1. The molecule has 3 aromatic carbocycles.